The van der Waals surface area contributed by atoms with Crippen LogP contribution in [0.25, 0.3) is 0 Å². The Balaban J connectivity index is 1.74. The van der Waals surface area contributed by atoms with Crippen molar-refractivity contribution in [2.45, 2.75) is 6.04 Å². The zero-order valence-electron chi connectivity index (χ0n) is 9.83. The minimum atomic E-state index is 0.0347. The van der Waals surface area contributed by atoms with E-state index in [0.717, 1.165) is 25.5 Å². The molecule has 0 aromatic carbocycles. The van der Waals surface area contributed by atoms with Crippen LogP contribution in [0.2, 0.25) is 0 Å². The van der Waals surface area contributed by atoms with Crippen LogP contribution in [0.1, 0.15) is 5.56 Å². The lowest BCUT2D eigenvalue weighted by Gasteiger charge is -2.37. The van der Waals surface area contributed by atoms with Crippen LogP contribution >= 0.6 is 0 Å². The minimum absolute atomic E-state index is 0.0347. The third-order valence-corrected chi connectivity index (χ3v) is 3.43. The standard InChI is InChI=1S/C12H13N5O/c13-5-9-1-2-11(14-6-9)16-3-4-17-10(8-16)7-15-12(17)18/h1-2,6,10H,3-4,7-8H2,(H,15,18). The minimum Gasteiger partial charge on any atom is -0.353 e. The number of carbonyl (C=O) groups excluding carboxylic acids is 1. The average molecular weight is 243 g/mol. The van der Waals surface area contributed by atoms with Crippen molar-refractivity contribution in [1.29, 1.82) is 5.26 Å². The van der Waals surface area contributed by atoms with Gasteiger partial charge in [-0.2, -0.15) is 5.26 Å². The van der Waals surface area contributed by atoms with Gasteiger partial charge in [-0.15, -0.1) is 0 Å². The molecule has 2 aliphatic rings. The third-order valence-electron chi connectivity index (χ3n) is 3.43. The maximum absolute atomic E-state index is 11.5. The summed E-state index contributed by atoms with van der Waals surface area (Å²) in [5, 5.41) is 11.6. The molecule has 0 saturated carbocycles. The van der Waals surface area contributed by atoms with Crippen LogP contribution in [0.4, 0.5) is 10.6 Å². The van der Waals surface area contributed by atoms with Crippen LogP contribution in [0.5, 0.6) is 0 Å². The Hall–Kier alpha value is -2.29. The predicted octanol–water partition coefficient (Wildman–Crippen LogP) is 0.167. The summed E-state index contributed by atoms with van der Waals surface area (Å²) in [5.74, 6) is 0.869. The first-order valence-electron chi connectivity index (χ1n) is 5.93. The second-order valence-electron chi connectivity index (χ2n) is 4.50. The summed E-state index contributed by atoms with van der Waals surface area (Å²) in [5.41, 5.74) is 0.565. The molecule has 1 aromatic heterocycles. The van der Waals surface area contributed by atoms with E-state index >= 15 is 0 Å². The van der Waals surface area contributed by atoms with Gasteiger partial charge < -0.3 is 15.1 Å². The van der Waals surface area contributed by atoms with Crippen molar-refractivity contribution in [3.05, 3.63) is 23.9 Å². The van der Waals surface area contributed by atoms with E-state index in [2.05, 4.69) is 21.3 Å². The highest BCUT2D eigenvalue weighted by Crippen LogP contribution is 2.19. The molecule has 1 aromatic rings. The van der Waals surface area contributed by atoms with E-state index in [0.29, 0.717) is 12.1 Å². The molecular formula is C12H13N5O. The average Bonchev–Trinajstić information content (AvgIpc) is 2.80. The fourth-order valence-electron chi connectivity index (χ4n) is 2.45. The van der Waals surface area contributed by atoms with Crippen molar-refractivity contribution >= 4 is 11.8 Å². The molecule has 0 aliphatic carbocycles. The van der Waals surface area contributed by atoms with E-state index in [4.69, 9.17) is 5.26 Å². The van der Waals surface area contributed by atoms with E-state index in [-0.39, 0.29) is 12.1 Å². The molecule has 2 fully saturated rings. The second-order valence-corrected chi connectivity index (χ2v) is 4.50. The fourth-order valence-corrected chi connectivity index (χ4v) is 2.45. The van der Waals surface area contributed by atoms with Crippen molar-refractivity contribution in [3.8, 4) is 6.07 Å². The molecule has 3 rings (SSSR count). The number of aromatic nitrogens is 1. The van der Waals surface area contributed by atoms with Gasteiger partial charge in [0, 0.05) is 32.4 Å². The third kappa shape index (κ3) is 1.74. The monoisotopic (exact) mass is 243 g/mol. The Morgan fingerprint density at radius 2 is 2.33 bits per heavy atom. The quantitative estimate of drug-likeness (QED) is 0.763. The van der Waals surface area contributed by atoms with Crippen LogP contribution in [0.15, 0.2) is 18.3 Å². The van der Waals surface area contributed by atoms with Gasteiger partial charge in [0.25, 0.3) is 0 Å². The number of hydrogen-bond donors (Lipinski definition) is 1. The molecule has 3 heterocycles. The number of hydrogen-bond acceptors (Lipinski definition) is 4. The van der Waals surface area contributed by atoms with Gasteiger partial charge in [0.1, 0.15) is 11.9 Å². The van der Waals surface area contributed by atoms with Crippen LogP contribution < -0.4 is 10.2 Å². The smallest absolute Gasteiger partial charge is 0.317 e. The first kappa shape index (κ1) is 10.8. The van der Waals surface area contributed by atoms with E-state index in [1.54, 1.807) is 12.3 Å². The van der Waals surface area contributed by atoms with E-state index in [9.17, 15) is 4.79 Å². The molecule has 2 saturated heterocycles. The van der Waals surface area contributed by atoms with Crippen molar-refractivity contribution < 1.29 is 4.79 Å². The van der Waals surface area contributed by atoms with Crippen LogP contribution in [0.3, 0.4) is 0 Å². The van der Waals surface area contributed by atoms with Gasteiger partial charge in [-0.1, -0.05) is 0 Å². The number of carbonyl (C=O) groups is 1. The number of fused-ring (bicyclic) bond motifs is 1. The van der Waals surface area contributed by atoms with E-state index < -0.39 is 0 Å². The van der Waals surface area contributed by atoms with E-state index in [1.807, 2.05) is 11.0 Å². The number of pyridine rings is 1. The number of nitriles is 1. The van der Waals surface area contributed by atoms with Gasteiger partial charge in [0.2, 0.25) is 0 Å². The highest BCUT2D eigenvalue weighted by atomic mass is 16.2. The Kier molecular flexibility index (Phi) is 2.52. The molecule has 2 aliphatic heterocycles. The molecule has 1 atom stereocenters. The summed E-state index contributed by atoms with van der Waals surface area (Å²) in [6.45, 7) is 2.99. The first-order valence-corrected chi connectivity index (χ1v) is 5.93. The van der Waals surface area contributed by atoms with Crippen LogP contribution in [0, 0.1) is 11.3 Å². The molecular weight excluding hydrogens is 230 g/mol. The van der Waals surface area contributed by atoms with Gasteiger partial charge in [-0.05, 0) is 12.1 Å². The molecule has 6 nitrogen and oxygen atoms in total. The van der Waals surface area contributed by atoms with Crippen LogP contribution in [-0.4, -0.2) is 48.1 Å². The Labute approximate surface area is 105 Å². The maximum atomic E-state index is 11.5. The molecule has 1 N–H and O–H groups in total. The normalized spacial score (nSPS) is 22.4. The van der Waals surface area contributed by atoms with Gasteiger partial charge in [-0.25, -0.2) is 9.78 Å². The molecule has 0 bridgehead atoms. The lowest BCUT2D eigenvalue weighted by molar-refractivity contribution is 0.197. The zero-order chi connectivity index (χ0) is 12.5. The lowest BCUT2D eigenvalue weighted by atomic mass is 10.2. The largest absolute Gasteiger partial charge is 0.353 e. The SMILES string of the molecule is N#Cc1ccc(N2CCN3C(=O)NCC3C2)nc1. The Bertz CT molecular complexity index is 506. The van der Waals surface area contributed by atoms with Crippen LogP contribution in [-0.2, 0) is 0 Å². The van der Waals surface area contributed by atoms with Gasteiger partial charge in [0.05, 0.1) is 11.6 Å². The van der Waals surface area contributed by atoms with E-state index in [1.165, 1.54) is 0 Å². The number of nitrogens with one attached hydrogen (secondary N) is 1. The number of anilines is 1. The molecule has 6 heteroatoms. The number of piperazine rings is 1. The molecule has 92 valence electrons. The van der Waals surface area contributed by atoms with Gasteiger partial charge >= 0.3 is 6.03 Å². The predicted molar refractivity (Wildman–Crippen MR) is 65.1 cm³/mol. The molecule has 2 amide bonds. The molecule has 0 spiro atoms. The Morgan fingerprint density at radius 3 is 3.06 bits per heavy atom. The highest BCUT2D eigenvalue weighted by Gasteiger charge is 2.35. The lowest BCUT2D eigenvalue weighted by Crippen LogP contribution is -2.52. The van der Waals surface area contributed by atoms with Crippen molar-refractivity contribution in [1.82, 2.24) is 15.2 Å². The summed E-state index contributed by atoms with van der Waals surface area (Å²) in [4.78, 5) is 19.8. The van der Waals surface area contributed by atoms with Crippen molar-refractivity contribution in [2.75, 3.05) is 31.1 Å². The number of urea groups is 1. The van der Waals surface area contributed by atoms with Gasteiger partial charge in [0.15, 0.2) is 0 Å². The summed E-state index contributed by atoms with van der Waals surface area (Å²) in [6.07, 6.45) is 1.58. The molecule has 0 radical (unpaired) electrons. The summed E-state index contributed by atoms with van der Waals surface area (Å²) < 4.78 is 0. The van der Waals surface area contributed by atoms with Gasteiger partial charge in [-0.3, -0.25) is 0 Å². The van der Waals surface area contributed by atoms with Crippen molar-refractivity contribution in [3.63, 3.8) is 0 Å². The number of nitrogens with zero attached hydrogens (tertiary/aromatic N) is 4. The highest BCUT2D eigenvalue weighted by molar-refractivity contribution is 5.77. The maximum Gasteiger partial charge on any atom is 0.317 e. The first-order chi connectivity index (χ1) is 8.78. The summed E-state index contributed by atoms with van der Waals surface area (Å²) in [7, 11) is 0. The van der Waals surface area contributed by atoms with Crippen molar-refractivity contribution in [2.24, 2.45) is 0 Å². The topological polar surface area (TPSA) is 72.3 Å². The summed E-state index contributed by atoms with van der Waals surface area (Å²) in [6, 6.07) is 5.95. The Morgan fingerprint density at radius 1 is 1.44 bits per heavy atom. The number of rotatable bonds is 1. The second kappa shape index (κ2) is 4.18. The summed E-state index contributed by atoms with van der Waals surface area (Å²) >= 11 is 0. The zero-order valence-corrected chi connectivity index (χ0v) is 9.83. The molecule has 18 heavy (non-hydrogen) atoms. The fraction of sp³-hybridized carbons (Fsp3) is 0.417. The molecule has 1 unspecified atom stereocenters. The number of amides is 2.